The SMILES string of the molecule is CC(C)(C)NCc1ccc(N2CC(O)C(O)C2)nc1. The molecule has 0 aliphatic carbocycles. The molecule has 0 spiro atoms. The fraction of sp³-hybridized carbons (Fsp3) is 0.643. The molecule has 0 saturated carbocycles. The average molecular weight is 265 g/mol. The van der Waals surface area contributed by atoms with E-state index in [1.807, 2.05) is 23.2 Å². The van der Waals surface area contributed by atoms with E-state index in [1.54, 1.807) is 0 Å². The molecule has 0 bridgehead atoms. The average Bonchev–Trinajstić information content (AvgIpc) is 2.67. The van der Waals surface area contributed by atoms with E-state index < -0.39 is 12.2 Å². The molecule has 1 saturated heterocycles. The van der Waals surface area contributed by atoms with Gasteiger partial charge in [0.05, 0.1) is 12.2 Å². The first-order valence-corrected chi connectivity index (χ1v) is 6.66. The molecular weight excluding hydrogens is 242 g/mol. The van der Waals surface area contributed by atoms with Crippen molar-refractivity contribution in [3.63, 3.8) is 0 Å². The molecule has 1 aromatic heterocycles. The van der Waals surface area contributed by atoms with Crippen molar-refractivity contribution in [2.75, 3.05) is 18.0 Å². The fourth-order valence-electron chi connectivity index (χ4n) is 2.03. The molecule has 1 aliphatic heterocycles. The highest BCUT2D eigenvalue weighted by Crippen LogP contribution is 2.18. The molecule has 106 valence electrons. The van der Waals surface area contributed by atoms with Gasteiger partial charge in [0, 0.05) is 31.4 Å². The highest BCUT2D eigenvalue weighted by Gasteiger charge is 2.30. The standard InChI is InChI=1S/C14H23N3O2/c1-14(2,3)16-7-10-4-5-13(15-6-10)17-8-11(18)12(19)9-17/h4-6,11-12,16,18-19H,7-9H2,1-3H3. The van der Waals surface area contributed by atoms with Crippen molar-refractivity contribution in [3.05, 3.63) is 23.9 Å². The zero-order valence-electron chi connectivity index (χ0n) is 11.8. The van der Waals surface area contributed by atoms with Gasteiger partial charge in [0.25, 0.3) is 0 Å². The maximum atomic E-state index is 9.53. The number of aliphatic hydroxyl groups excluding tert-OH is 2. The number of hydrogen-bond donors (Lipinski definition) is 3. The van der Waals surface area contributed by atoms with E-state index in [9.17, 15) is 10.2 Å². The maximum Gasteiger partial charge on any atom is 0.128 e. The molecule has 19 heavy (non-hydrogen) atoms. The van der Waals surface area contributed by atoms with Crippen LogP contribution in [0.4, 0.5) is 5.82 Å². The summed E-state index contributed by atoms with van der Waals surface area (Å²) in [4.78, 5) is 6.29. The Morgan fingerprint density at radius 1 is 1.26 bits per heavy atom. The number of aromatic nitrogens is 1. The van der Waals surface area contributed by atoms with E-state index in [0.717, 1.165) is 17.9 Å². The van der Waals surface area contributed by atoms with Gasteiger partial charge in [-0.3, -0.25) is 0 Å². The third-order valence-electron chi connectivity index (χ3n) is 3.22. The van der Waals surface area contributed by atoms with Crippen LogP contribution in [0.1, 0.15) is 26.3 Å². The summed E-state index contributed by atoms with van der Waals surface area (Å²) in [6, 6.07) is 3.96. The molecule has 5 heteroatoms. The van der Waals surface area contributed by atoms with Gasteiger partial charge in [-0.25, -0.2) is 4.98 Å². The van der Waals surface area contributed by atoms with Crippen molar-refractivity contribution >= 4 is 5.82 Å². The monoisotopic (exact) mass is 265 g/mol. The molecule has 0 radical (unpaired) electrons. The summed E-state index contributed by atoms with van der Waals surface area (Å²) in [6.07, 6.45) is 0.485. The van der Waals surface area contributed by atoms with Crippen LogP contribution in [-0.2, 0) is 6.54 Å². The van der Waals surface area contributed by atoms with Crippen LogP contribution in [0.3, 0.4) is 0 Å². The smallest absolute Gasteiger partial charge is 0.128 e. The van der Waals surface area contributed by atoms with Gasteiger partial charge in [0.2, 0.25) is 0 Å². The molecule has 0 aromatic carbocycles. The van der Waals surface area contributed by atoms with Crippen LogP contribution >= 0.6 is 0 Å². The molecule has 3 N–H and O–H groups in total. The summed E-state index contributed by atoms with van der Waals surface area (Å²) < 4.78 is 0. The summed E-state index contributed by atoms with van der Waals surface area (Å²) >= 11 is 0. The maximum absolute atomic E-state index is 9.53. The third kappa shape index (κ3) is 3.89. The third-order valence-corrected chi connectivity index (χ3v) is 3.22. The van der Waals surface area contributed by atoms with Gasteiger partial charge >= 0.3 is 0 Å². The Morgan fingerprint density at radius 3 is 2.37 bits per heavy atom. The fourth-order valence-corrected chi connectivity index (χ4v) is 2.03. The minimum Gasteiger partial charge on any atom is -0.389 e. The molecule has 0 amide bonds. The predicted molar refractivity (Wildman–Crippen MR) is 75.1 cm³/mol. The zero-order chi connectivity index (χ0) is 14.0. The number of β-amino-alcohol motifs (C(OH)–C–C–N with tert-alkyl or cyclic N) is 2. The lowest BCUT2D eigenvalue weighted by Gasteiger charge is -2.21. The van der Waals surface area contributed by atoms with Crippen molar-refractivity contribution in [1.82, 2.24) is 10.3 Å². The Kier molecular flexibility index (Phi) is 4.08. The normalized spacial score (nSPS) is 23.9. The molecule has 1 fully saturated rings. The van der Waals surface area contributed by atoms with Gasteiger partial charge in [0.1, 0.15) is 5.82 Å². The molecular formula is C14H23N3O2. The van der Waals surface area contributed by atoms with E-state index in [1.165, 1.54) is 0 Å². The van der Waals surface area contributed by atoms with Crippen LogP contribution in [-0.4, -0.2) is 46.0 Å². The van der Waals surface area contributed by atoms with Crippen molar-refractivity contribution in [1.29, 1.82) is 0 Å². The number of hydrogen-bond acceptors (Lipinski definition) is 5. The predicted octanol–water partition coefficient (Wildman–Crippen LogP) is 0.511. The second-order valence-electron chi connectivity index (χ2n) is 6.17. The van der Waals surface area contributed by atoms with Crippen LogP contribution in [0.5, 0.6) is 0 Å². The minimum atomic E-state index is -0.677. The highest BCUT2D eigenvalue weighted by atomic mass is 16.3. The zero-order valence-corrected chi connectivity index (χ0v) is 11.8. The number of nitrogens with one attached hydrogen (secondary N) is 1. The molecule has 2 unspecified atom stereocenters. The van der Waals surface area contributed by atoms with Crippen molar-refractivity contribution in [3.8, 4) is 0 Å². The molecule has 1 aromatic rings. The number of aliphatic hydroxyl groups is 2. The van der Waals surface area contributed by atoms with Gasteiger partial charge in [-0.2, -0.15) is 0 Å². The van der Waals surface area contributed by atoms with Gasteiger partial charge in [-0.1, -0.05) is 6.07 Å². The molecule has 2 atom stereocenters. The first-order chi connectivity index (χ1) is 8.85. The summed E-state index contributed by atoms with van der Waals surface area (Å²) in [7, 11) is 0. The largest absolute Gasteiger partial charge is 0.389 e. The summed E-state index contributed by atoms with van der Waals surface area (Å²) in [5, 5.41) is 22.5. The number of rotatable bonds is 3. The Hall–Kier alpha value is -1.17. The molecule has 1 aliphatic rings. The van der Waals surface area contributed by atoms with E-state index in [-0.39, 0.29) is 5.54 Å². The van der Waals surface area contributed by atoms with Gasteiger partial charge in [-0.15, -0.1) is 0 Å². The molecule has 2 rings (SSSR count). The summed E-state index contributed by atoms with van der Waals surface area (Å²) in [5.41, 5.74) is 1.21. The number of pyridine rings is 1. The van der Waals surface area contributed by atoms with Crippen LogP contribution in [0, 0.1) is 0 Å². The summed E-state index contributed by atoms with van der Waals surface area (Å²) in [6.45, 7) is 8.04. The summed E-state index contributed by atoms with van der Waals surface area (Å²) in [5.74, 6) is 0.801. The van der Waals surface area contributed by atoms with Gasteiger partial charge in [0.15, 0.2) is 0 Å². The van der Waals surface area contributed by atoms with E-state index in [0.29, 0.717) is 13.1 Å². The van der Waals surface area contributed by atoms with Crippen LogP contribution in [0.2, 0.25) is 0 Å². The number of anilines is 1. The van der Waals surface area contributed by atoms with E-state index >= 15 is 0 Å². The van der Waals surface area contributed by atoms with Crippen LogP contribution < -0.4 is 10.2 Å². The second-order valence-corrected chi connectivity index (χ2v) is 6.17. The Labute approximate surface area is 114 Å². The Morgan fingerprint density at radius 2 is 1.89 bits per heavy atom. The lowest BCUT2D eigenvalue weighted by molar-refractivity contribution is 0.0572. The van der Waals surface area contributed by atoms with E-state index in [4.69, 9.17) is 0 Å². The Bertz CT molecular complexity index is 404. The Balaban J connectivity index is 1.95. The van der Waals surface area contributed by atoms with Crippen molar-refractivity contribution < 1.29 is 10.2 Å². The first-order valence-electron chi connectivity index (χ1n) is 6.66. The topological polar surface area (TPSA) is 68.6 Å². The van der Waals surface area contributed by atoms with E-state index in [2.05, 4.69) is 31.1 Å². The van der Waals surface area contributed by atoms with Crippen molar-refractivity contribution in [2.24, 2.45) is 0 Å². The number of nitrogens with zero attached hydrogens (tertiary/aromatic N) is 2. The van der Waals surface area contributed by atoms with Crippen LogP contribution in [0.15, 0.2) is 18.3 Å². The quantitative estimate of drug-likeness (QED) is 0.743. The van der Waals surface area contributed by atoms with Gasteiger partial charge < -0.3 is 20.4 Å². The molecule has 5 nitrogen and oxygen atoms in total. The molecule has 2 heterocycles. The lowest BCUT2D eigenvalue weighted by atomic mass is 10.1. The second kappa shape index (κ2) is 5.45. The van der Waals surface area contributed by atoms with Crippen molar-refractivity contribution in [2.45, 2.75) is 45.1 Å². The first kappa shape index (κ1) is 14.2. The van der Waals surface area contributed by atoms with Gasteiger partial charge in [-0.05, 0) is 32.4 Å². The lowest BCUT2D eigenvalue weighted by Crippen LogP contribution is -2.35. The highest BCUT2D eigenvalue weighted by molar-refractivity contribution is 5.41. The minimum absolute atomic E-state index is 0.0852. The van der Waals surface area contributed by atoms with Crippen LogP contribution in [0.25, 0.3) is 0 Å².